The van der Waals surface area contributed by atoms with Gasteiger partial charge < -0.3 is 4.90 Å². The highest BCUT2D eigenvalue weighted by Gasteiger charge is 2.31. The summed E-state index contributed by atoms with van der Waals surface area (Å²) in [5, 5.41) is 2.55. The Morgan fingerprint density at radius 3 is 2.48 bits per heavy atom. The molecule has 1 amide bonds. The van der Waals surface area contributed by atoms with E-state index in [-0.39, 0.29) is 23.3 Å². The number of nitrogens with zero attached hydrogens (tertiary/aromatic N) is 2. The smallest absolute Gasteiger partial charge is 0.222 e. The van der Waals surface area contributed by atoms with E-state index in [1.807, 2.05) is 4.90 Å². The van der Waals surface area contributed by atoms with Crippen molar-refractivity contribution in [3.05, 3.63) is 48.0 Å². The van der Waals surface area contributed by atoms with Gasteiger partial charge in [0, 0.05) is 39.1 Å². The van der Waals surface area contributed by atoms with Gasteiger partial charge in [0.2, 0.25) is 5.91 Å². The molecule has 0 bridgehead atoms. The third-order valence-electron chi connectivity index (χ3n) is 5.79. The fourth-order valence-electron chi connectivity index (χ4n) is 4.24. The van der Waals surface area contributed by atoms with Gasteiger partial charge in [0.15, 0.2) is 9.84 Å². The molecular formula is C21H26N2O3S. The number of rotatable bonds is 4. The van der Waals surface area contributed by atoms with Crippen molar-refractivity contribution in [2.24, 2.45) is 5.92 Å². The SMILES string of the molecule is O=C(C[C@H]1CCS(=O)(=O)C1)N1CCN(Cc2cccc3ccccc23)CC1. The number of hydrogen-bond donors (Lipinski definition) is 0. The maximum atomic E-state index is 12.5. The molecule has 0 saturated carbocycles. The minimum absolute atomic E-state index is 0.0104. The van der Waals surface area contributed by atoms with Crippen LogP contribution in [-0.4, -0.2) is 61.8 Å². The standard InChI is InChI=1S/C21H26N2O3S/c24-21(14-17-8-13-27(25,26)16-17)23-11-9-22(10-12-23)15-19-6-3-5-18-4-1-2-7-20(18)19/h1-7,17H,8-16H2/t17-/m1/s1. The van der Waals surface area contributed by atoms with Crippen LogP contribution in [0.15, 0.2) is 42.5 Å². The van der Waals surface area contributed by atoms with Gasteiger partial charge in [-0.15, -0.1) is 0 Å². The van der Waals surface area contributed by atoms with E-state index in [2.05, 4.69) is 47.4 Å². The Hall–Kier alpha value is -1.92. The number of carbonyl (C=O) groups excluding carboxylic acids is 1. The van der Waals surface area contributed by atoms with Crippen LogP contribution in [-0.2, 0) is 21.2 Å². The maximum Gasteiger partial charge on any atom is 0.222 e. The van der Waals surface area contributed by atoms with E-state index in [0.717, 1.165) is 32.7 Å². The van der Waals surface area contributed by atoms with Gasteiger partial charge in [-0.25, -0.2) is 8.42 Å². The third-order valence-corrected chi connectivity index (χ3v) is 7.63. The Labute approximate surface area is 160 Å². The third kappa shape index (κ3) is 4.33. The first-order valence-electron chi connectivity index (χ1n) is 9.67. The van der Waals surface area contributed by atoms with Gasteiger partial charge in [-0.2, -0.15) is 0 Å². The molecule has 0 radical (unpaired) electrons. The number of hydrogen-bond acceptors (Lipinski definition) is 4. The van der Waals surface area contributed by atoms with E-state index < -0.39 is 9.84 Å². The summed E-state index contributed by atoms with van der Waals surface area (Å²) in [5.74, 6) is 0.543. The Morgan fingerprint density at radius 2 is 1.74 bits per heavy atom. The lowest BCUT2D eigenvalue weighted by Gasteiger charge is -2.35. The molecule has 2 heterocycles. The fraction of sp³-hybridized carbons (Fsp3) is 0.476. The highest BCUT2D eigenvalue weighted by atomic mass is 32.2. The first-order chi connectivity index (χ1) is 13.0. The van der Waals surface area contributed by atoms with E-state index in [4.69, 9.17) is 0 Å². The van der Waals surface area contributed by atoms with Gasteiger partial charge >= 0.3 is 0 Å². The van der Waals surface area contributed by atoms with Crippen molar-refractivity contribution in [2.75, 3.05) is 37.7 Å². The topological polar surface area (TPSA) is 57.7 Å². The molecule has 2 saturated heterocycles. The maximum absolute atomic E-state index is 12.5. The van der Waals surface area contributed by atoms with Crippen LogP contribution >= 0.6 is 0 Å². The average Bonchev–Trinajstić information content (AvgIpc) is 3.01. The van der Waals surface area contributed by atoms with Crippen molar-refractivity contribution < 1.29 is 13.2 Å². The second kappa shape index (κ2) is 7.60. The largest absolute Gasteiger partial charge is 0.340 e. The monoisotopic (exact) mass is 386 g/mol. The number of piperazine rings is 1. The van der Waals surface area contributed by atoms with E-state index in [1.165, 1.54) is 16.3 Å². The van der Waals surface area contributed by atoms with Crippen LogP contribution in [0.4, 0.5) is 0 Å². The molecule has 144 valence electrons. The van der Waals surface area contributed by atoms with Crippen molar-refractivity contribution in [1.82, 2.24) is 9.80 Å². The molecule has 0 aromatic heterocycles. The van der Waals surface area contributed by atoms with Gasteiger partial charge in [-0.1, -0.05) is 42.5 Å². The molecule has 0 N–H and O–H groups in total. The molecule has 0 spiro atoms. The van der Waals surface area contributed by atoms with Crippen LogP contribution in [0.25, 0.3) is 10.8 Å². The van der Waals surface area contributed by atoms with Crippen LogP contribution in [0.5, 0.6) is 0 Å². The van der Waals surface area contributed by atoms with Crippen LogP contribution in [0.2, 0.25) is 0 Å². The van der Waals surface area contributed by atoms with Crippen molar-refractivity contribution in [1.29, 1.82) is 0 Å². The number of carbonyl (C=O) groups is 1. The van der Waals surface area contributed by atoms with Crippen molar-refractivity contribution in [3.63, 3.8) is 0 Å². The Bertz CT molecular complexity index is 928. The minimum atomic E-state index is -2.91. The zero-order valence-corrected chi connectivity index (χ0v) is 16.3. The van der Waals surface area contributed by atoms with Crippen molar-refractivity contribution >= 4 is 26.5 Å². The molecule has 2 aromatic rings. The zero-order valence-electron chi connectivity index (χ0n) is 15.5. The molecule has 2 fully saturated rings. The van der Waals surface area contributed by atoms with E-state index >= 15 is 0 Å². The van der Waals surface area contributed by atoms with Crippen LogP contribution < -0.4 is 0 Å². The van der Waals surface area contributed by atoms with Gasteiger partial charge in [0.05, 0.1) is 11.5 Å². The highest BCUT2D eigenvalue weighted by molar-refractivity contribution is 7.91. The number of fused-ring (bicyclic) bond motifs is 1. The molecule has 5 nitrogen and oxygen atoms in total. The molecule has 2 aromatic carbocycles. The zero-order chi connectivity index (χ0) is 18.9. The second-order valence-corrected chi connectivity index (χ2v) is 10.00. The number of benzene rings is 2. The molecule has 2 aliphatic heterocycles. The van der Waals surface area contributed by atoms with E-state index in [1.54, 1.807) is 0 Å². The molecule has 0 unspecified atom stereocenters. The van der Waals surface area contributed by atoms with E-state index in [9.17, 15) is 13.2 Å². The molecule has 4 rings (SSSR count). The van der Waals surface area contributed by atoms with Gasteiger partial charge in [-0.3, -0.25) is 9.69 Å². The lowest BCUT2D eigenvalue weighted by molar-refractivity contribution is -0.133. The Kier molecular flexibility index (Phi) is 5.19. The summed E-state index contributed by atoms with van der Waals surface area (Å²) < 4.78 is 23.2. The van der Waals surface area contributed by atoms with Crippen molar-refractivity contribution in [2.45, 2.75) is 19.4 Å². The van der Waals surface area contributed by atoms with Crippen LogP contribution in [0.1, 0.15) is 18.4 Å². The van der Waals surface area contributed by atoms with Crippen molar-refractivity contribution in [3.8, 4) is 0 Å². The normalized spacial score (nSPS) is 23.0. The first kappa shape index (κ1) is 18.4. The summed E-state index contributed by atoms with van der Waals surface area (Å²) >= 11 is 0. The summed E-state index contributed by atoms with van der Waals surface area (Å²) in [5.41, 5.74) is 1.32. The second-order valence-electron chi connectivity index (χ2n) is 7.77. The van der Waals surface area contributed by atoms with Gasteiger partial charge in [0.1, 0.15) is 0 Å². The fourth-order valence-corrected chi connectivity index (χ4v) is 6.10. The lowest BCUT2D eigenvalue weighted by Crippen LogP contribution is -2.48. The molecule has 6 heteroatoms. The Morgan fingerprint density at radius 1 is 1.00 bits per heavy atom. The molecular weight excluding hydrogens is 360 g/mol. The van der Waals surface area contributed by atoms with Gasteiger partial charge in [-0.05, 0) is 28.7 Å². The summed E-state index contributed by atoms with van der Waals surface area (Å²) in [6, 6.07) is 14.9. The first-order valence-corrected chi connectivity index (χ1v) is 11.5. The molecule has 0 aliphatic carbocycles. The summed E-state index contributed by atoms with van der Waals surface area (Å²) in [6.07, 6.45) is 1.01. The summed E-state index contributed by atoms with van der Waals surface area (Å²) in [4.78, 5) is 16.8. The quantitative estimate of drug-likeness (QED) is 0.809. The average molecular weight is 387 g/mol. The minimum Gasteiger partial charge on any atom is -0.340 e. The van der Waals surface area contributed by atoms with Crippen LogP contribution in [0, 0.1) is 5.92 Å². The Balaban J connectivity index is 1.32. The number of amides is 1. The summed E-state index contributed by atoms with van der Waals surface area (Å²) in [6.45, 7) is 4.06. The molecule has 1 atom stereocenters. The van der Waals surface area contributed by atoms with Crippen LogP contribution in [0.3, 0.4) is 0 Å². The molecule has 27 heavy (non-hydrogen) atoms. The lowest BCUT2D eigenvalue weighted by atomic mass is 10.0. The predicted octanol–water partition coefficient (Wildman–Crippen LogP) is 2.31. The molecule has 2 aliphatic rings. The summed E-state index contributed by atoms with van der Waals surface area (Å²) in [7, 11) is -2.91. The predicted molar refractivity (Wildman–Crippen MR) is 107 cm³/mol. The highest BCUT2D eigenvalue weighted by Crippen LogP contribution is 2.23. The van der Waals surface area contributed by atoms with Gasteiger partial charge in [0.25, 0.3) is 0 Å². The van der Waals surface area contributed by atoms with E-state index in [0.29, 0.717) is 12.8 Å². The number of sulfone groups is 1.